The molecule has 9 heteroatoms. The molecule has 1 N–H and O–H groups in total. The van der Waals surface area contributed by atoms with E-state index in [0.717, 1.165) is 11.1 Å². The van der Waals surface area contributed by atoms with Gasteiger partial charge < -0.3 is 19.1 Å². The normalized spacial score (nSPS) is 18.7. The van der Waals surface area contributed by atoms with E-state index in [1.165, 1.54) is 18.2 Å². The number of hydrogen-bond acceptors (Lipinski definition) is 6. The molecule has 0 bridgehead atoms. The van der Waals surface area contributed by atoms with Crippen molar-refractivity contribution in [1.82, 2.24) is 4.90 Å². The van der Waals surface area contributed by atoms with Gasteiger partial charge in [0.05, 0.1) is 23.8 Å². The van der Waals surface area contributed by atoms with Gasteiger partial charge in [-0.3, -0.25) is 9.52 Å². The standard InChI is InChI=1S/C21H24N2O6S/c1-14-4-3-5-17(15(14)2)22-30(25,26)16-6-7-18-19(12-16)28-13-20(29-18)21(24)23-8-10-27-11-9-23/h3-7,12,20,22H,8-11,13H2,1-2H3. The van der Waals surface area contributed by atoms with Gasteiger partial charge in [0.25, 0.3) is 15.9 Å². The number of nitrogens with zero attached hydrogens (tertiary/aromatic N) is 1. The summed E-state index contributed by atoms with van der Waals surface area (Å²) in [5.41, 5.74) is 2.39. The average Bonchev–Trinajstić information content (AvgIpc) is 2.76. The zero-order chi connectivity index (χ0) is 21.3. The molecule has 2 aliphatic heterocycles. The third kappa shape index (κ3) is 4.08. The first-order valence-corrected chi connectivity index (χ1v) is 11.2. The summed E-state index contributed by atoms with van der Waals surface area (Å²) in [5, 5.41) is 0. The van der Waals surface area contributed by atoms with Crippen LogP contribution in [0.5, 0.6) is 11.5 Å². The lowest BCUT2D eigenvalue weighted by Gasteiger charge is -2.32. The minimum Gasteiger partial charge on any atom is -0.485 e. The molecule has 0 saturated carbocycles. The summed E-state index contributed by atoms with van der Waals surface area (Å²) in [5.74, 6) is 0.487. The first-order chi connectivity index (χ1) is 14.3. The smallest absolute Gasteiger partial charge is 0.267 e. The molecule has 1 unspecified atom stereocenters. The number of aryl methyl sites for hydroxylation is 1. The maximum atomic E-state index is 12.8. The van der Waals surface area contributed by atoms with Crippen molar-refractivity contribution in [2.45, 2.75) is 24.8 Å². The largest absolute Gasteiger partial charge is 0.485 e. The highest BCUT2D eigenvalue weighted by Gasteiger charge is 2.32. The Morgan fingerprint density at radius 1 is 1.10 bits per heavy atom. The van der Waals surface area contributed by atoms with E-state index < -0.39 is 16.1 Å². The minimum absolute atomic E-state index is 0.0249. The molecule has 1 atom stereocenters. The zero-order valence-electron chi connectivity index (χ0n) is 16.9. The topological polar surface area (TPSA) is 94.2 Å². The Kier molecular flexibility index (Phi) is 5.57. The van der Waals surface area contributed by atoms with Crippen molar-refractivity contribution < 1.29 is 27.4 Å². The molecule has 1 amide bonds. The molecular weight excluding hydrogens is 408 g/mol. The van der Waals surface area contributed by atoms with Crippen LogP contribution in [-0.4, -0.2) is 58.2 Å². The number of carbonyl (C=O) groups is 1. The first kappa shape index (κ1) is 20.5. The second kappa shape index (κ2) is 8.16. The minimum atomic E-state index is -3.81. The van der Waals surface area contributed by atoms with E-state index in [4.69, 9.17) is 14.2 Å². The molecule has 0 spiro atoms. The lowest BCUT2D eigenvalue weighted by molar-refractivity contribution is -0.145. The lowest BCUT2D eigenvalue weighted by Crippen LogP contribution is -2.50. The number of ether oxygens (including phenoxy) is 3. The molecule has 0 aromatic heterocycles. The predicted molar refractivity (Wildman–Crippen MR) is 110 cm³/mol. The van der Waals surface area contributed by atoms with Gasteiger partial charge in [0, 0.05) is 19.2 Å². The number of anilines is 1. The highest BCUT2D eigenvalue weighted by molar-refractivity contribution is 7.92. The number of nitrogens with one attached hydrogen (secondary N) is 1. The number of sulfonamides is 1. The molecule has 30 heavy (non-hydrogen) atoms. The molecule has 1 fully saturated rings. The number of hydrogen-bond donors (Lipinski definition) is 1. The fourth-order valence-corrected chi connectivity index (χ4v) is 4.53. The molecule has 2 aliphatic rings. The van der Waals surface area contributed by atoms with Crippen molar-refractivity contribution in [3.63, 3.8) is 0 Å². The van der Waals surface area contributed by atoms with Crippen molar-refractivity contribution >= 4 is 21.6 Å². The van der Waals surface area contributed by atoms with Crippen LogP contribution >= 0.6 is 0 Å². The van der Waals surface area contributed by atoms with Crippen LogP contribution in [-0.2, 0) is 19.6 Å². The molecule has 2 heterocycles. The van der Waals surface area contributed by atoms with Gasteiger partial charge in [-0.1, -0.05) is 12.1 Å². The van der Waals surface area contributed by atoms with Crippen LogP contribution in [0.3, 0.4) is 0 Å². The fourth-order valence-electron chi connectivity index (χ4n) is 3.39. The SMILES string of the molecule is Cc1cccc(NS(=O)(=O)c2ccc3c(c2)OCC(C(=O)N2CCOCC2)O3)c1C. The van der Waals surface area contributed by atoms with Crippen molar-refractivity contribution in [2.24, 2.45) is 0 Å². The van der Waals surface area contributed by atoms with Crippen LogP contribution in [0.1, 0.15) is 11.1 Å². The second-order valence-corrected chi connectivity index (χ2v) is 9.00. The molecule has 2 aromatic carbocycles. The number of fused-ring (bicyclic) bond motifs is 1. The van der Waals surface area contributed by atoms with E-state index in [2.05, 4.69) is 4.72 Å². The molecule has 4 rings (SSSR count). The van der Waals surface area contributed by atoms with E-state index in [1.807, 2.05) is 19.9 Å². The molecule has 160 valence electrons. The molecule has 8 nitrogen and oxygen atoms in total. The number of morpholine rings is 1. The van der Waals surface area contributed by atoms with Crippen molar-refractivity contribution in [3.8, 4) is 11.5 Å². The highest BCUT2D eigenvalue weighted by Crippen LogP contribution is 2.35. The van der Waals surface area contributed by atoms with Crippen LogP contribution in [0.15, 0.2) is 41.3 Å². The van der Waals surface area contributed by atoms with Gasteiger partial charge in [0.15, 0.2) is 11.5 Å². The van der Waals surface area contributed by atoms with Crippen molar-refractivity contribution in [1.29, 1.82) is 0 Å². The predicted octanol–water partition coefficient (Wildman–Crippen LogP) is 2.10. The van der Waals surface area contributed by atoms with Crippen LogP contribution in [0.25, 0.3) is 0 Å². The fraction of sp³-hybridized carbons (Fsp3) is 0.381. The van der Waals surface area contributed by atoms with Gasteiger partial charge in [-0.15, -0.1) is 0 Å². The summed E-state index contributed by atoms with van der Waals surface area (Å²) in [6, 6.07) is 9.82. The maximum Gasteiger partial charge on any atom is 0.267 e. The number of rotatable bonds is 4. The van der Waals surface area contributed by atoms with Crippen LogP contribution in [0, 0.1) is 13.8 Å². The molecule has 1 saturated heterocycles. The third-order valence-corrected chi connectivity index (χ3v) is 6.70. The molecular formula is C21H24N2O6S. The summed E-state index contributed by atoms with van der Waals surface area (Å²) in [6.45, 7) is 5.86. The number of amides is 1. The van der Waals surface area contributed by atoms with Gasteiger partial charge in [-0.2, -0.15) is 0 Å². The second-order valence-electron chi connectivity index (χ2n) is 7.32. The van der Waals surface area contributed by atoms with E-state index in [1.54, 1.807) is 17.0 Å². The van der Waals surface area contributed by atoms with E-state index in [-0.39, 0.29) is 17.4 Å². The van der Waals surface area contributed by atoms with Gasteiger partial charge in [-0.25, -0.2) is 8.42 Å². The van der Waals surface area contributed by atoms with Crippen LogP contribution in [0.4, 0.5) is 5.69 Å². The maximum absolute atomic E-state index is 12.8. The molecule has 2 aromatic rings. The Morgan fingerprint density at radius 3 is 2.63 bits per heavy atom. The van der Waals surface area contributed by atoms with Gasteiger partial charge >= 0.3 is 0 Å². The Balaban J connectivity index is 1.51. The van der Waals surface area contributed by atoms with Crippen molar-refractivity contribution in [3.05, 3.63) is 47.5 Å². The average molecular weight is 432 g/mol. The molecule has 0 radical (unpaired) electrons. The Labute approximate surface area is 175 Å². The molecule has 0 aliphatic carbocycles. The summed E-state index contributed by atoms with van der Waals surface area (Å²) in [6.07, 6.45) is -0.758. The first-order valence-electron chi connectivity index (χ1n) is 9.74. The van der Waals surface area contributed by atoms with E-state index in [9.17, 15) is 13.2 Å². The van der Waals surface area contributed by atoms with Crippen molar-refractivity contribution in [2.75, 3.05) is 37.6 Å². The Bertz CT molecular complexity index is 1060. The monoisotopic (exact) mass is 432 g/mol. The summed E-state index contributed by atoms with van der Waals surface area (Å²) in [7, 11) is -3.81. The van der Waals surface area contributed by atoms with Crippen LogP contribution in [0.2, 0.25) is 0 Å². The summed E-state index contributed by atoms with van der Waals surface area (Å²) in [4.78, 5) is 14.4. The Morgan fingerprint density at radius 2 is 1.87 bits per heavy atom. The van der Waals surface area contributed by atoms with E-state index in [0.29, 0.717) is 43.5 Å². The van der Waals surface area contributed by atoms with Gasteiger partial charge in [-0.05, 0) is 43.2 Å². The highest BCUT2D eigenvalue weighted by atomic mass is 32.2. The summed E-state index contributed by atoms with van der Waals surface area (Å²) >= 11 is 0. The quantitative estimate of drug-likeness (QED) is 0.795. The number of benzene rings is 2. The van der Waals surface area contributed by atoms with Gasteiger partial charge in [0.2, 0.25) is 6.10 Å². The third-order valence-electron chi connectivity index (χ3n) is 5.33. The van der Waals surface area contributed by atoms with Gasteiger partial charge in [0.1, 0.15) is 6.61 Å². The Hall–Kier alpha value is -2.78. The zero-order valence-corrected chi connectivity index (χ0v) is 17.7. The lowest BCUT2D eigenvalue weighted by atomic mass is 10.1. The summed E-state index contributed by atoms with van der Waals surface area (Å²) < 4.78 is 45.1. The number of carbonyl (C=O) groups excluding carboxylic acids is 1. The van der Waals surface area contributed by atoms with E-state index >= 15 is 0 Å². The van der Waals surface area contributed by atoms with Crippen LogP contribution < -0.4 is 14.2 Å².